The number of piperidine rings is 1. The maximum absolute atomic E-state index is 11.8. The first-order valence-electron chi connectivity index (χ1n) is 7.65. The molecule has 0 unspecified atom stereocenters. The molecule has 0 spiro atoms. The average Bonchev–Trinajstić information content (AvgIpc) is 2.65. The van der Waals surface area contributed by atoms with Gasteiger partial charge in [-0.1, -0.05) is 18.2 Å². The van der Waals surface area contributed by atoms with Gasteiger partial charge in [-0.3, -0.25) is 10.1 Å². The number of carbonyl (C=O) groups excluding carboxylic acids is 2. The zero-order valence-electron chi connectivity index (χ0n) is 13.9. The van der Waals surface area contributed by atoms with Gasteiger partial charge in [0.05, 0.1) is 0 Å². The maximum Gasteiger partial charge on any atom is 0.324 e. The van der Waals surface area contributed by atoms with Crippen molar-refractivity contribution in [1.29, 1.82) is 0 Å². The summed E-state index contributed by atoms with van der Waals surface area (Å²) < 4.78 is 0. The smallest absolute Gasteiger partial charge is 0.324 e. The van der Waals surface area contributed by atoms with Crippen molar-refractivity contribution in [1.82, 2.24) is 10.2 Å². The summed E-state index contributed by atoms with van der Waals surface area (Å²) in [6, 6.07) is 21.0. The largest absolute Gasteiger partial charge is 0.330 e. The number of benzene rings is 2. The maximum atomic E-state index is 11.8. The Hall–Kier alpha value is -0.880. The Kier molecular flexibility index (Phi) is 13.8. The molecule has 3 amide bonds. The first kappa shape index (κ1) is 24.1. The van der Waals surface area contributed by atoms with Gasteiger partial charge in [-0.15, -0.1) is 0 Å². The van der Waals surface area contributed by atoms with Crippen LogP contribution < -0.4 is 5.32 Å². The van der Waals surface area contributed by atoms with Gasteiger partial charge >= 0.3 is 6.03 Å². The van der Waals surface area contributed by atoms with Crippen molar-refractivity contribution in [2.24, 2.45) is 0 Å². The van der Waals surface area contributed by atoms with Crippen molar-refractivity contribution >= 4 is 11.9 Å². The molecule has 2 aromatic carbocycles. The van der Waals surface area contributed by atoms with E-state index in [-0.39, 0.29) is 64.1 Å². The summed E-state index contributed by atoms with van der Waals surface area (Å²) in [5.41, 5.74) is 0.504. The Labute approximate surface area is 187 Å². The third kappa shape index (κ3) is 9.40. The molecule has 1 saturated heterocycles. The summed E-state index contributed by atoms with van der Waals surface area (Å²) in [4.78, 5) is 25.2. The van der Waals surface area contributed by atoms with E-state index in [1.165, 1.54) is 0 Å². The Morgan fingerprint density at radius 1 is 0.960 bits per heavy atom. The van der Waals surface area contributed by atoms with Crippen LogP contribution >= 0.6 is 0 Å². The van der Waals surface area contributed by atoms with Crippen molar-refractivity contribution in [2.45, 2.75) is 12.8 Å². The molecule has 1 aliphatic heterocycles. The van der Waals surface area contributed by atoms with Crippen LogP contribution in [0, 0.1) is 43.6 Å². The zero-order valence-corrected chi connectivity index (χ0v) is 20.9. The van der Waals surface area contributed by atoms with Crippen molar-refractivity contribution in [3.63, 3.8) is 0 Å². The number of imide groups is 1. The number of likely N-dealkylation sites (tertiary alicyclic amines) is 1. The fourth-order valence-electron chi connectivity index (χ4n) is 2.13. The summed E-state index contributed by atoms with van der Waals surface area (Å²) in [6.07, 6.45) is 3.95. The summed E-state index contributed by atoms with van der Waals surface area (Å²) in [6.45, 7) is 1.38. The van der Waals surface area contributed by atoms with Crippen LogP contribution in [0.5, 0.6) is 0 Å². The fraction of sp³-hybridized carbons (Fsp3) is 0.211. The number of hydrogen-bond donors (Lipinski definition) is 1. The second kappa shape index (κ2) is 14.3. The van der Waals surface area contributed by atoms with Crippen molar-refractivity contribution < 1.29 is 61.8 Å². The normalized spacial score (nSPS) is 12.4. The molecule has 2 aromatic rings. The number of nitrogens with one attached hydrogen (secondary N) is 1. The average molecular weight is 730 g/mol. The molecule has 1 fully saturated rings. The molecule has 1 N–H and O–H groups in total. The predicted octanol–water partition coefficient (Wildman–Crippen LogP) is 3.32. The molecule has 0 atom stereocenters. The number of nitrogens with zero attached hydrogens (tertiary/aromatic N) is 1. The van der Waals surface area contributed by atoms with Crippen LogP contribution in [0.1, 0.15) is 23.2 Å². The minimum Gasteiger partial charge on any atom is -0.330 e. The fourth-order valence-corrected chi connectivity index (χ4v) is 2.13. The molecule has 3 rings (SSSR count). The van der Waals surface area contributed by atoms with Crippen LogP contribution in [-0.4, -0.2) is 29.9 Å². The number of amides is 3. The third-order valence-electron chi connectivity index (χ3n) is 3.36. The molecule has 1 heterocycles. The molecular formula is C19H20N2O2UW-2. The number of rotatable bonds is 1. The summed E-state index contributed by atoms with van der Waals surface area (Å²) in [7, 11) is 0. The number of hydrogen-bond acceptors (Lipinski definition) is 2. The van der Waals surface area contributed by atoms with Gasteiger partial charge in [-0.2, -0.15) is 49.2 Å². The predicted molar refractivity (Wildman–Crippen MR) is 89.7 cm³/mol. The molecule has 0 saturated carbocycles. The van der Waals surface area contributed by atoms with Gasteiger partial charge in [0.25, 0.3) is 5.91 Å². The molecule has 25 heavy (non-hydrogen) atoms. The molecule has 0 aliphatic carbocycles. The second-order valence-electron chi connectivity index (χ2n) is 5.06. The number of urea groups is 1. The third-order valence-corrected chi connectivity index (χ3v) is 3.36. The van der Waals surface area contributed by atoms with E-state index in [0.29, 0.717) is 18.7 Å². The van der Waals surface area contributed by atoms with Gasteiger partial charge in [0, 0.05) is 57.7 Å². The number of carbonyl (C=O) groups is 2. The van der Waals surface area contributed by atoms with Crippen LogP contribution in [0.15, 0.2) is 60.7 Å². The van der Waals surface area contributed by atoms with Gasteiger partial charge in [-0.05, 0) is 25.2 Å². The Balaban J connectivity index is 0.000000616. The molecular weight excluding hydrogens is 710 g/mol. The van der Waals surface area contributed by atoms with Crippen LogP contribution in [0.4, 0.5) is 4.79 Å². The van der Waals surface area contributed by atoms with Gasteiger partial charge in [0.2, 0.25) is 0 Å². The van der Waals surface area contributed by atoms with E-state index >= 15 is 0 Å². The van der Waals surface area contributed by atoms with E-state index in [2.05, 4.69) is 17.8 Å². The minimum atomic E-state index is -0.342. The second-order valence-corrected chi connectivity index (χ2v) is 5.06. The van der Waals surface area contributed by atoms with Gasteiger partial charge in [0.1, 0.15) is 0 Å². The zero-order chi connectivity index (χ0) is 16.3. The Bertz CT molecular complexity index is 579. The molecule has 0 bridgehead atoms. The minimum absolute atomic E-state index is 0. The molecule has 6 heteroatoms. The van der Waals surface area contributed by atoms with E-state index in [4.69, 9.17) is 0 Å². The quantitative estimate of drug-likeness (QED) is 0.459. The monoisotopic (exact) mass is 730 g/mol. The van der Waals surface area contributed by atoms with E-state index in [9.17, 15) is 9.59 Å². The first-order chi connectivity index (χ1) is 11.3. The summed E-state index contributed by atoms with van der Waals surface area (Å²) in [5.74, 6) is -0.342. The molecule has 1 aliphatic rings. The van der Waals surface area contributed by atoms with Crippen molar-refractivity contribution in [3.05, 3.63) is 78.7 Å². The topological polar surface area (TPSA) is 49.4 Å². The standard InChI is InChI=1S/C13H15N2O2.C6H5.U.W/c16-12(11-7-3-1-4-8-11)14-13(17)15-9-5-2-6-10-15;1-2-4-6-5-3-1;;/h1-4,7-8H,5-6,9-10H2,(H,14,16,17);1-5H;;/q2*-1;;. The first-order valence-corrected chi connectivity index (χ1v) is 7.65. The Morgan fingerprint density at radius 3 is 2.00 bits per heavy atom. The summed E-state index contributed by atoms with van der Waals surface area (Å²) in [5, 5.41) is 2.40. The van der Waals surface area contributed by atoms with E-state index in [0.717, 1.165) is 12.8 Å². The molecule has 130 valence electrons. The molecule has 0 radical (unpaired) electrons. The van der Waals surface area contributed by atoms with E-state index < -0.39 is 0 Å². The molecule has 4 nitrogen and oxygen atoms in total. The Morgan fingerprint density at radius 2 is 1.52 bits per heavy atom. The van der Waals surface area contributed by atoms with Crippen molar-refractivity contribution in [2.75, 3.05) is 13.1 Å². The SMILES string of the molecule is O=C(NC(=O)N1CC[CH-]CC1)c1ccccc1.[U].[W].[c-]1ccccc1. The molecule has 0 aromatic heterocycles. The van der Waals surface area contributed by atoms with E-state index in [1.807, 2.05) is 36.4 Å². The van der Waals surface area contributed by atoms with Crippen molar-refractivity contribution in [3.8, 4) is 0 Å². The van der Waals surface area contributed by atoms with Gasteiger partial charge < -0.3 is 11.3 Å². The van der Waals surface area contributed by atoms with Crippen LogP contribution in [-0.2, 0) is 21.1 Å². The summed E-state index contributed by atoms with van der Waals surface area (Å²) >= 11 is 0. The van der Waals surface area contributed by atoms with Crippen LogP contribution in [0.2, 0.25) is 0 Å². The van der Waals surface area contributed by atoms with Gasteiger partial charge in [-0.25, -0.2) is 4.79 Å². The van der Waals surface area contributed by atoms with E-state index in [1.54, 1.807) is 29.2 Å². The van der Waals surface area contributed by atoms with Gasteiger partial charge in [0.15, 0.2) is 0 Å². The van der Waals surface area contributed by atoms with Crippen LogP contribution in [0.3, 0.4) is 0 Å². The van der Waals surface area contributed by atoms with Crippen LogP contribution in [0.25, 0.3) is 0 Å².